The smallest absolute Gasteiger partial charge is 0.274 e. The van der Waals surface area contributed by atoms with E-state index in [-0.39, 0.29) is 23.5 Å². The van der Waals surface area contributed by atoms with Crippen LogP contribution in [-0.4, -0.2) is 20.8 Å². The lowest BCUT2D eigenvalue weighted by Gasteiger charge is -2.14. The SMILES string of the molecule is CCn1nccc1C(C)NC(=O)c1cc(-c2ccc(F)cc2)on1. The van der Waals surface area contributed by atoms with Gasteiger partial charge in [0.2, 0.25) is 0 Å². The van der Waals surface area contributed by atoms with Crippen molar-refractivity contribution in [3.05, 3.63) is 59.8 Å². The Hall–Kier alpha value is -2.96. The van der Waals surface area contributed by atoms with Gasteiger partial charge in [-0.05, 0) is 44.2 Å². The monoisotopic (exact) mass is 328 g/mol. The lowest BCUT2D eigenvalue weighted by Crippen LogP contribution is -2.28. The van der Waals surface area contributed by atoms with E-state index in [1.165, 1.54) is 18.2 Å². The van der Waals surface area contributed by atoms with Crippen LogP contribution in [0.3, 0.4) is 0 Å². The Kier molecular flexibility index (Phi) is 4.41. The van der Waals surface area contributed by atoms with E-state index in [2.05, 4.69) is 15.6 Å². The molecule has 0 spiro atoms. The summed E-state index contributed by atoms with van der Waals surface area (Å²) in [6.07, 6.45) is 1.70. The Balaban J connectivity index is 1.73. The van der Waals surface area contributed by atoms with E-state index in [1.54, 1.807) is 18.3 Å². The lowest BCUT2D eigenvalue weighted by molar-refractivity contribution is 0.0929. The van der Waals surface area contributed by atoms with E-state index in [4.69, 9.17) is 4.52 Å². The van der Waals surface area contributed by atoms with Gasteiger partial charge in [-0.3, -0.25) is 9.48 Å². The Morgan fingerprint density at radius 2 is 2.08 bits per heavy atom. The molecule has 1 N–H and O–H groups in total. The fourth-order valence-electron chi connectivity index (χ4n) is 2.45. The maximum absolute atomic E-state index is 13.0. The highest BCUT2D eigenvalue weighted by Crippen LogP contribution is 2.21. The molecule has 2 aromatic heterocycles. The first-order chi connectivity index (χ1) is 11.6. The maximum atomic E-state index is 13.0. The number of carbonyl (C=O) groups is 1. The summed E-state index contributed by atoms with van der Waals surface area (Å²) in [5.74, 6) is -0.271. The summed E-state index contributed by atoms with van der Waals surface area (Å²) in [7, 11) is 0. The van der Waals surface area contributed by atoms with Crippen LogP contribution in [0.1, 0.15) is 36.1 Å². The second kappa shape index (κ2) is 6.66. The molecule has 1 amide bonds. The number of nitrogens with zero attached hydrogens (tertiary/aromatic N) is 3. The predicted octanol–water partition coefficient (Wildman–Crippen LogP) is 3.19. The fourth-order valence-corrected chi connectivity index (χ4v) is 2.45. The summed E-state index contributed by atoms with van der Waals surface area (Å²) >= 11 is 0. The lowest BCUT2D eigenvalue weighted by atomic mass is 10.1. The van der Waals surface area contributed by atoms with E-state index in [9.17, 15) is 9.18 Å². The zero-order chi connectivity index (χ0) is 17.1. The zero-order valence-corrected chi connectivity index (χ0v) is 13.4. The first-order valence-corrected chi connectivity index (χ1v) is 7.63. The van der Waals surface area contributed by atoms with Gasteiger partial charge in [-0.15, -0.1) is 0 Å². The molecule has 1 unspecified atom stereocenters. The largest absolute Gasteiger partial charge is 0.355 e. The zero-order valence-electron chi connectivity index (χ0n) is 13.4. The molecule has 2 heterocycles. The quantitative estimate of drug-likeness (QED) is 0.780. The molecule has 7 heteroatoms. The van der Waals surface area contributed by atoms with Crippen molar-refractivity contribution in [2.45, 2.75) is 26.4 Å². The maximum Gasteiger partial charge on any atom is 0.274 e. The number of benzene rings is 1. The molecular formula is C17H17FN4O2. The van der Waals surface area contributed by atoms with Crippen LogP contribution in [-0.2, 0) is 6.54 Å². The van der Waals surface area contributed by atoms with Gasteiger partial charge < -0.3 is 9.84 Å². The third-order valence-electron chi connectivity index (χ3n) is 3.71. The fraction of sp³-hybridized carbons (Fsp3) is 0.235. The van der Waals surface area contributed by atoms with Crippen LogP contribution < -0.4 is 5.32 Å². The summed E-state index contributed by atoms with van der Waals surface area (Å²) in [6.45, 7) is 4.58. The van der Waals surface area contributed by atoms with Crippen molar-refractivity contribution in [2.75, 3.05) is 0 Å². The number of hydrogen-bond donors (Lipinski definition) is 1. The van der Waals surface area contributed by atoms with Gasteiger partial charge in [0, 0.05) is 24.4 Å². The van der Waals surface area contributed by atoms with Crippen LogP contribution >= 0.6 is 0 Å². The highest BCUT2D eigenvalue weighted by Gasteiger charge is 2.18. The normalized spacial score (nSPS) is 12.1. The second-order valence-corrected chi connectivity index (χ2v) is 5.35. The Bertz CT molecular complexity index is 838. The molecule has 1 aromatic carbocycles. The molecule has 124 valence electrons. The summed E-state index contributed by atoms with van der Waals surface area (Å²) < 4.78 is 20.0. The summed E-state index contributed by atoms with van der Waals surface area (Å²) in [5, 5.41) is 10.8. The van der Waals surface area contributed by atoms with Gasteiger partial charge in [-0.25, -0.2) is 4.39 Å². The Morgan fingerprint density at radius 1 is 1.33 bits per heavy atom. The van der Waals surface area contributed by atoms with E-state index in [0.29, 0.717) is 11.3 Å². The molecule has 0 saturated carbocycles. The number of nitrogens with one attached hydrogen (secondary N) is 1. The second-order valence-electron chi connectivity index (χ2n) is 5.35. The van der Waals surface area contributed by atoms with Crippen LogP contribution in [0.5, 0.6) is 0 Å². The van der Waals surface area contributed by atoms with Crippen molar-refractivity contribution in [1.82, 2.24) is 20.3 Å². The highest BCUT2D eigenvalue weighted by atomic mass is 19.1. The summed E-state index contributed by atoms with van der Waals surface area (Å²) in [4.78, 5) is 12.3. The molecule has 0 fully saturated rings. The molecule has 6 nitrogen and oxygen atoms in total. The molecule has 24 heavy (non-hydrogen) atoms. The number of hydrogen-bond acceptors (Lipinski definition) is 4. The summed E-state index contributed by atoms with van der Waals surface area (Å²) in [5.41, 5.74) is 1.73. The molecule has 0 aliphatic carbocycles. The van der Waals surface area contributed by atoms with Crippen molar-refractivity contribution in [3.63, 3.8) is 0 Å². The minimum atomic E-state index is -0.344. The van der Waals surface area contributed by atoms with Crippen LogP contribution in [0.2, 0.25) is 0 Å². The van der Waals surface area contributed by atoms with Gasteiger partial charge in [0.1, 0.15) is 5.82 Å². The standard InChI is InChI=1S/C17H17FN4O2/c1-3-22-15(8-9-19-22)11(2)20-17(23)14-10-16(24-21-14)12-4-6-13(18)7-5-12/h4-11H,3H2,1-2H3,(H,20,23). The number of halogens is 1. The van der Waals surface area contributed by atoms with Crippen LogP contribution in [0, 0.1) is 5.82 Å². The van der Waals surface area contributed by atoms with Gasteiger partial charge in [-0.1, -0.05) is 5.16 Å². The molecule has 0 aliphatic rings. The predicted molar refractivity (Wildman–Crippen MR) is 85.7 cm³/mol. The average Bonchev–Trinajstić information content (AvgIpc) is 3.24. The molecule has 0 aliphatic heterocycles. The third-order valence-corrected chi connectivity index (χ3v) is 3.71. The van der Waals surface area contributed by atoms with E-state index in [0.717, 1.165) is 12.2 Å². The van der Waals surface area contributed by atoms with Gasteiger partial charge in [0.15, 0.2) is 11.5 Å². The first-order valence-electron chi connectivity index (χ1n) is 7.63. The Morgan fingerprint density at radius 3 is 2.79 bits per heavy atom. The van der Waals surface area contributed by atoms with Gasteiger partial charge >= 0.3 is 0 Å². The molecular weight excluding hydrogens is 311 g/mol. The van der Waals surface area contributed by atoms with Crippen LogP contribution in [0.4, 0.5) is 4.39 Å². The van der Waals surface area contributed by atoms with Gasteiger partial charge in [-0.2, -0.15) is 5.10 Å². The van der Waals surface area contributed by atoms with Crippen molar-refractivity contribution >= 4 is 5.91 Å². The molecule has 3 rings (SSSR count). The molecule has 0 radical (unpaired) electrons. The number of amides is 1. The number of rotatable bonds is 5. The number of aromatic nitrogens is 3. The first kappa shape index (κ1) is 15.9. The van der Waals surface area contributed by atoms with E-state index >= 15 is 0 Å². The number of aryl methyl sites for hydroxylation is 1. The van der Waals surface area contributed by atoms with Gasteiger partial charge in [0.25, 0.3) is 5.91 Å². The number of carbonyl (C=O) groups excluding carboxylic acids is 1. The Labute approximate surface area is 138 Å². The van der Waals surface area contributed by atoms with Crippen molar-refractivity contribution in [1.29, 1.82) is 0 Å². The molecule has 0 bridgehead atoms. The molecule has 0 saturated heterocycles. The van der Waals surface area contributed by atoms with Gasteiger partial charge in [0.05, 0.1) is 11.7 Å². The minimum Gasteiger partial charge on any atom is -0.355 e. The summed E-state index contributed by atoms with van der Waals surface area (Å²) in [6, 6.07) is 8.97. The molecule has 1 atom stereocenters. The van der Waals surface area contributed by atoms with Crippen molar-refractivity contribution in [3.8, 4) is 11.3 Å². The van der Waals surface area contributed by atoms with Crippen LogP contribution in [0.25, 0.3) is 11.3 Å². The third kappa shape index (κ3) is 3.19. The van der Waals surface area contributed by atoms with Crippen molar-refractivity contribution in [2.24, 2.45) is 0 Å². The average molecular weight is 328 g/mol. The van der Waals surface area contributed by atoms with Crippen LogP contribution in [0.15, 0.2) is 47.1 Å². The highest BCUT2D eigenvalue weighted by molar-refractivity contribution is 5.93. The topological polar surface area (TPSA) is 73.0 Å². The van der Waals surface area contributed by atoms with E-state index in [1.807, 2.05) is 24.6 Å². The minimum absolute atomic E-state index is 0.170. The molecule has 3 aromatic rings. The van der Waals surface area contributed by atoms with E-state index < -0.39 is 0 Å². The van der Waals surface area contributed by atoms with Crippen molar-refractivity contribution < 1.29 is 13.7 Å².